The lowest BCUT2D eigenvalue weighted by Gasteiger charge is -2.48. The van der Waals surface area contributed by atoms with Gasteiger partial charge in [-0.3, -0.25) is 9.69 Å². The van der Waals surface area contributed by atoms with E-state index in [-0.39, 0.29) is 34.9 Å². The van der Waals surface area contributed by atoms with Gasteiger partial charge in [0, 0.05) is 12.2 Å². The van der Waals surface area contributed by atoms with Gasteiger partial charge >= 0.3 is 5.97 Å². The second-order valence-corrected chi connectivity index (χ2v) is 15.9. The van der Waals surface area contributed by atoms with Gasteiger partial charge in [0.05, 0.1) is 22.3 Å². The van der Waals surface area contributed by atoms with Crippen LogP contribution in [-0.2, 0) is 18.8 Å². The van der Waals surface area contributed by atoms with Crippen molar-refractivity contribution >= 4 is 43.7 Å². The summed E-state index contributed by atoms with van der Waals surface area (Å²) in [6.07, 6.45) is 1.64. The Morgan fingerprint density at radius 1 is 1.48 bits per heavy atom. The monoisotopic (exact) mass is 454 g/mol. The first kappa shape index (κ1) is 24.1. The van der Waals surface area contributed by atoms with E-state index >= 15 is 0 Å². The number of rotatable bonds is 9. The number of hydrogen-bond acceptors (Lipinski definition) is 7. The third-order valence-electron chi connectivity index (χ3n) is 5.51. The van der Waals surface area contributed by atoms with E-state index in [2.05, 4.69) is 46.5 Å². The molecule has 3 atom stereocenters. The van der Waals surface area contributed by atoms with Crippen LogP contribution in [-0.4, -0.2) is 48.9 Å². The number of fused-ring (bicyclic) bond motifs is 1. The smallest absolute Gasteiger partial charge is 0.357 e. The fraction of sp³-hybridized carbons (Fsp3) is 0.650. The lowest BCUT2D eigenvalue weighted by atomic mass is 9.92. The van der Waals surface area contributed by atoms with E-state index in [9.17, 15) is 9.59 Å². The van der Waals surface area contributed by atoms with E-state index in [4.69, 9.17) is 14.4 Å². The summed E-state index contributed by atoms with van der Waals surface area (Å²) in [4.78, 5) is 27.1. The van der Waals surface area contributed by atoms with Crippen molar-refractivity contribution < 1.29 is 18.8 Å². The summed E-state index contributed by atoms with van der Waals surface area (Å²) >= 11 is 2.93. The van der Waals surface area contributed by atoms with Gasteiger partial charge in [0.15, 0.2) is 14.0 Å². The molecule has 2 aliphatic heterocycles. The van der Waals surface area contributed by atoms with Gasteiger partial charge in [-0.25, -0.2) is 4.79 Å². The fourth-order valence-electron chi connectivity index (χ4n) is 2.94. The Morgan fingerprint density at radius 2 is 2.14 bits per heavy atom. The van der Waals surface area contributed by atoms with Crippen molar-refractivity contribution in [3.05, 3.63) is 22.6 Å². The van der Waals surface area contributed by atoms with Gasteiger partial charge in [-0.1, -0.05) is 45.2 Å². The number of β-lactam (4-membered cyclic amide) rings is 1. The normalized spacial score (nSPS) is 22.7. The van der Waals surface area contributed by atoms with Crippen LogP contribution in [0.15, 0.2) is 22.6 Å². The lowest BCUT2D eigenvalue weighted by Crippen LogP contribution is -2.62. The Bertz CT molecular complexity index is 755. The molecule has 0 aromatic rings. The predicted octanol–water partition coefficient (Wildman–Crippen LogP) is 4.47. The lowest BCUT2D eigenvalue weighted by molar-refractivity contribution is -0.157. The Balaban J connectivity index is 2.18. The molecule has 1 saturated heterocycles. The maximum absolute atomic E-state index is 13.0. The molecular weight excluding hydrogens is 424 g/mol. The van der Waals surface area contributed by atoms with Crippen LogP contribution in [0.4, 0.5) is 0 Å². The van der Waals surface area contributed by atoms with Crippen molar-refractivity contribution in [1.29, 1.82) is 5.26 Å². The minimum Gasteiger partial charge on any atom is -0.457 e. The van der Waals surface area contributed by atoms with Gasteiger partial charge in [0.25, 0.3) is 0 Å². The molecule has 0 bridgehead atoms. The van der Waals surface area contributed by atoms with Crippen LogP contribution in [0.5, 0.6) is 0 Å². The van der Waals surface area contributed by atoms with Crippen molar-refractivity contribution in [2.75, 3.05) is 12.4 Å². The second-order valence-electron chi connectivity index (χ2n) is 8.61. The molecule has 0 aromatic heterocycles. The van der Waals surface area contributed by atoms with E-state index in [0.717, 1.165) is 4.24 Å². The molecule has 0 aromatic carbocycles. The molecule has 0 unspecified atom stereocenters. The Labute approximate surface area is 183 Å². The molecule has 0 radical (unpaired) electrons. The first-order valence-electron chi connectivity index (χ1n) is 9.66. The number of amides is 1. The van der Waals surface area contributed by atoms with Gasteiger partial charge in [0.2, 0.25) is 5.91 Å². The van der Waals surface area contributed by atoms with Crippen LogP contribution in [0.2, 0.25) is 18.1 Å². The van der Waals surface area contributed by atoms with Crippen molar-refractivity contribution in [2.45, 2.75) is 63.7 Å². The Kier molecular flexibility index (Phi) is 7.71. The molecule has 0 aliphatic carbocycles. The maximum atomic E-state index is 13.0. The molecule has 29 heavy (non-hydrogen) atoms. The minimum absolute atomic E-state index is 0.0484. The van der Waals surface area contributed by atoms with Gasteiger partial charge in [-0.05, 0) is 25.1 Å². The SMILES string of the molecule is C=CCOC(=O)C1=C(SCCC#N)S[C@@H]2[C@@H]([C@@H](C)O[Si](C)(C)C(C)(C)C)C(=O)N12. The standard InChI is InChI=1S/C20H30N2O4S2Si/c1-8-11-25-18(24)15-19(27-12-9-10-21)28-17-14(16(23)22(15)17)13(2)26-29(6,7)20(3,4)5/h8,13-14,17H,1,9,11-12H2,2-7H3/t13-,14+,17-/m1/s1. The van der Waals surface area contributed by atoms with Gasteiger partial charge < -0.3 is 9.16 Å². The zero-order chi connectivity index (χ0) is 22.0. The third kappa shape index (κ3) is 4.93. The summed E-state index contributed by atoms with van der Waals surface area (Å²) in [5.74, 6) is -0.364. The van der Waals surface area contributed by atoms with E-state index in [1.54, 1.807) is 4.90 Å². The van der Waals surface area contributed by atoms with Crippen LogP contribution in [0, 0.1) is 17.2 Å². The molecule has 0 N–H and O–H groups in total. The van der Waals surface area contributed by atoms with E-state index in [1.165, 1.54) is 29.6 Å². The van der Waals surface area contributed by atoms with E-state index < -0.39 is 14.3 Å². The molecule has 1 fully saturated rings. The molecular formula is C20H30N2O4S2Si. The molecule has 2 aliphatic rings. The largest absolute Gasteiger partial charge is 0.457 e. The molecule has 9 heteroatoms. The highest BCUT2D eigenvalue weighted by molar-refractivity contribution is 8.22. The number of carbonyl (C=O) groups excluding carboxylic acids is 2. The Hall–Kier alpha value is -1.21. The maximum Gasteiger partial charge on any atom is 0.357 e. The predicted molar refractivity (Wildman–Crippen MR) is 120 cm³/mol. The highest BCUT2D eigenvalue weighted by Gasteiger charge is 2.59. The average Bonchev–Trinajstić information content (AvgIpc) is 2.93. The molecule has 2 heterocycles. The number of nitrogens with zero attached hydrogens (tertiary/aromatic N) is 2. The zero-order valence-corrected chi connectivity index (χ0v) is 20.6. The number of carbonyl (C=O) groups is 2. The quantitative estimate of drug-likeness (QED) is 0.167. The van der Waals surface area contributed by atoms with Crippen LogP contribution < -0.4 is 0 Å². The van der Waals surface area contributed by atoms with Crippen LogP contribution in [0.1, 0.15) is 34.1 Å². The number of hydrogen-bond donors (Lipinski definition) is 0. The zero-order valence-electron chi connectivity index (χ0n) is 18.0. The topological polar surface area (TPSA) is 79.6 Å². The number of ether oxygens (including phenoxy) is 1. The van der Waals surface area contributed by atoms with Crippen molar-refractivity contribution in [3.8, 4) is 6.07 Å². The summed E-state index contributed by atoms with van der Waals surface area (Å²) in [5.41, 5.74) is 0.297. The summed E-state index contributed by atoms with van der Waals surface area (Å²) in [5, 5.41) is 8.69. The minimum atomic E-state index is -2.02. The van der Waals surface area contributed by atoms with Gasteiger partial charge in [0.1, 0.15) is 12.0 Å². The number of esters is 1. The van der Waals surface area contributed by atoms with Gasteiger partial charge in [-0.2, -0.15) is 5.26 Å². The number of nitriles is 1. The molecule has 0 spiro atoms. The summed E-state index contributed by atoms with van der Waals surface area (Å²) in [7, 11) is -2.02. The van der Waals surface area contributed by atoms with Crippen molar-refractivity contribution in [3.63, 3.8) is 0 Å². The molecule has 2 rings (SSSR count). The molecule has 160 valence electrons. The molecule has 1 amide bonds. The van der Waals surface area contributed by atoms with Crippen molar-refractivity contribution in [1.82, 2.24) is 4.90 Å². The summed E-state index contributed by atoms with van der Waals surface area (Å²) in [6.45, 7) is 16.5. The highest BCUT2D eigenvalue weighted by Crippen LogP contribution is 2.55. The fourth-order valence-corrected chi connectivity index (χ4v) is 7.19. The first-order valence-corrected chi connectivity index (χ1v) is 14.4. The van der Waals surface area contributed by atoms with E-state index in [1.807, 2.05) is 6.92 Å². The summed E-state index contributed by atoms with van der Waals surface area (Å²) in [6, 6.07) is 2.11. The van der Waals surface area contributed by atoms with Crippen molar-refractivity contribution in [2.24, 2.45) is 5.92 Å². The second kappa shape index (κ2) is 9.29. The highest BCUT2D eigenvalue weighted by atomic mass is 32.2. The van der Waals surface area contributed by atoms with E-state index in [0.29, 0.717) is 17.9 Å². The third-order valence-corrected chi connectivity index (χ3v) is 12.7. The van der Waals surface area contributed by atoms with Crippen LogP contribution in [0.25, 0.3) is 0 Å². The first-order chi connectivity index (χ1) is 13.5. The van der Waals surface area contributed by atoms with Crippen LogP contribution >= 0.6 is 23.5 Å². The molecule has 6 nitrogen and oxygen atoms in total. The molecule has 0 saturated carbocycles. The average molecular weight is 455 g/mol. The summed E-state index contributed by atoms with van der Waals surface area (Å²) < 4.78 is 12.4. The van der Waals surface area contributed by atoms with Crippen LogP contribution in [0.3, 0.4) is 0 Å². The van der Waals surface area contributed by atoms with Gasteiger partial charge in [-0.15, -0.1) is 11.8 Å². The Morgan fingerprint density at radius 3 is 2.69 bits per heavy atom. The number of thioether (sulfide) groups is 2.